The number of nitrogens with one attached hydrogen (secondary N) is 1. The number of amides is 1. The number of methoxy groups -OCH3 is 2. The zero-order chi connectivity index (χ0) is 14.4. The number of nitrogens with zero attached hydrogens (tertiary/aromatic N) is 1. The van der Waals surface area contributed by atoms with E-state index in [1.165, 1.54) is 7.11 Å². The fraction of sp³-hybridized carbons (Fsp3) is 0.286. The van der Waals surface area contributed by atoms with E-state index in [0.29, 0.717) is 18.7 Å². The Morgan fingerprint density at radius 1 is 1.35 bits per heavy atom. The maximum Gasteiger partial charge on any atom is 0.406 e. The van der Waals surface area contributed by atoms with Crippen molar-refractivity contribution in [3.05, 3.63) is 36.0 Å². The van der Waals surface area contributed by atoms with Gasteiger partial charge in [0.1, 0.15) is 5.75 Å². The first-order chi connectivity index (χ1) is 9.72. The normalized spacial score (nSPS) is 10.1. The third kappa shape index (κ3) is 3.50. The van der Waals surface area contributed by atoms with Gasteiger partial charge in [-0.25, -0.2) is 4.79 Å². The van der Waals surface area contributed by atoms with E-state index in [0.717, 1.165) is 17.0 Å². The van der Waals surface area contributed by atoms with E-state index in [9.17, 15) is 4.79 Å². The quantitative estimate of drug-likeness (QED) is 0.906. The number of ether oxygens (including phenoxy) is 2. The zero-order valence-electron chi connectivity index (χ0n) is 11.4. The molecule has 6 nitrogen and oxygen atoms in total. The van der Waals surface area contributed by atoms with Gasteiger partial charge in [0, 0.05) is 24.6 Å². The summed E-state index contributed by atoms with van der Waals surface area (Å²) in [5.74, 6) is 1.42. The number of alkyl carbamates (subject to hydrolysis) is 1. The first-order valence-corrected chi connectivity index (χ1v) is 6.14. The van der Waals surface area contributed by atoms with Gasteiger partial charge in [-0.1, -0.05) is 17.3 Å². The average molecular weight is 276 g/mol. The Hall–Kier alpha value is -2.50. The number of carbonyl (C=O) groups is 1. The standard InChI is InChI=1S/C14H16N2O4/c1-18-12-5-3-4-10(8-12)13-9-11(16-20-13)6-7-15-14(17)19-2/h3-5,8-9H,6-7H2,1-2H3,(H,15,17). The van der Waals surface area contributed by atoms with Gasteiger partial charge in [0.2, 0.25) is 0 Å². The predicted molar refractivity (Wildman–Crippen MR) is 72.6 cm³/mol. The van der Waals surface area contributed by atoms with Crippen LogP contribution in [-0.2, 0) is 11.2 Å². The lowest BCUT2D eigenvalue weighted by Crippen LogP contribution is -2.25. The van der Waals surface area contributed by atoms with Crippen LogP contribution in [0.1, 0.15) is 5.69 Å². The Morgan fingerprint density at radius 2 is 2.20 bits per heavy atom. The number of rotatable bonds is 5. The molecular formula is C14H16N2O4. The number of aromatic nitrogens is 1. The fourth-order valence-corrected chi connectivity index (χ4v) is 1.71. The van der Waals surface area contributed by atoms with Crippen LogP contribution < -0.4 is 10.1 Å². The van der Waals surface area contributed by atoms with Crippen molar-refractivity contribution in [1.29, 1.82) is 0 Å². The molecule has 0 saturated carbocycles. The summed E-state index contributed by atoms with van der Waals surface area (Å²) >= 11 is 0. The van der Waals surface area contributed by atoms with Crippen LogP contribution in [0.25, 0.3) is 11.3 Å². The summed E-state index contributed by atoms with van der Waals surface area (Å²) in [5.41, 5.74) is 1.66. The molecule has 106 valence electrons. The number of benzene rings is 1. The molecule has 2 rings (SSSR count). The topological polar surface area (TPSA) is 73.6 Å². The summed E-state index contributed by atoms with van der Waals surface area (Å²) in [6, 6.07) is 9.38. The van der Waals surface area contributed by atoms with E-state index in [1.807, 2.05) is 30.3 Å². The third-order valence-electron chi connectivity index (χ3n) is 2.75. The number of hydrogen-bond donors (Lipinski definition) is 1. The molecule has 0 radical (unpaired) electrons. The van der Waals surface area contributed by atoms with Crippen LogP contribution in [-0.4, -0.2) is 32.0 Å². The molecule has 1 aromatic carbocycles. The summed E-state index contributed by atoms with van der Waals surface area (Å²) < 4.78 is 14.9. The van der Waals surface area contributed by atoms with Crippen molar-refractivity contribution in [1.82, 2.24) is 10.5 Å². The monoisotopic (exact) mass is 276 g/mol. The van der Waals surface area contributed by atoms with Crippen LogP contribution in [0.2, 0.25) is 0 Å². The highest BCUT2D eigenvalue weighted by molar-refractivity contribution is 5.66. The predicted octanol–water partition coefficient (Wildman–Crippen LogP) is 2.25. The Bertz CT molecular complexity index is 580. The largest absolute Gasteiger partial charge is 0.497 e. The van der Waals surface area contributed by atoms with Gasteiger partial charge in [0.25, 0.3) is 0 Å². The van der Waals surface area contributed by atoms with Gasteiger partial charge >= 0.3 is 6.09 Å². The van der Waals surface area contributed by atoms with E-state index in [1.54, 1.807) is 7.11 Å². The summed E-state index contributed by atoms with van der Waals surface area (Å²) in [7, 11) is 2.94. The molecule has 0 spiro atoms. The van der Waals surface area contributed by atoms with Crippen LogP contribution in [0.4, 0.5) is 4.79 Å². The lowest BCUT2D eigenvalue weighted by molar-refractivity contribution is 0.171. The fourth-order valence-electron chi connectivity index (χ4n) is 1.71. The molecule has 2 aromatic rings. The smallest absolute Gasteiger partial charge is 0.406 e. The highest BCUT2D eigenvalue weighted by Crippen LogP contribution is 2.24. The van der Waals surface area contributed by atoms with E-state index in [2.05, 4.69) is 15.2 Å². The first-order valence-electron chi connectivity index (χ1n) is 6.14. The Morgan fingerprint density at radius 3 is 2.95 bits per heavy atom. The highest BCUT2D eigenvalue weighted by atomic mass is 16.5. The van der Waals surface area contributed by atoms with Gasteiger partial charge in [-0.2, -0.15) is 0 Å². The summed E-state index contributed by atoms with van der Waals surface area (Å²) in [5, 5.41) is 6.55. The molecule has 1 aromatic heterocycles. The average Bonchev–Trinajstić information content (AvgIpc) is 2.96. The van der Waals surface area contributed by atoms with E-state index in [4.69, 9.17) is 9.26 Å². The minimum absolute atomic E-state index is 0.441. The molecule has 0 aliphatic carbocycles. The van der Waals surface area contributed by atoms with Crippen molar-refractivity contribution in [3.8, 4) is 17.1 Å². The number of hydrogen-bond acceptors (Lipinski definition) is 5. The Labute approximate surface area is 116 Å². The van der Waals surface area contributed by atoms with Crippen LogP contribution in [0.15, 0.2) is 34.9 Å². The second kappa shape index (κ2) is 6.60. The minimum atomic E-state index is -0.457. The van der Waals surface area contributed by atoms with Crippen molar-refractivity contribution in [2.45, 2.75) is 6.42 Å². The summed E-state index contributed by atoms with van der Waals surface area (Å²) in [4.78, 5) is 10.9. The van der Waals surface area contributed by atoms with Crippen LogP contribution >= 0.6 is 0 Å². The summed E-state index contributed by atoms with van der Waals surface area (Å²) in [6.07, 6.45) is 0.115. The lowest BCUT2D eigenvalue weighted by Gasteiger charge is -2.00. The SMILES string of the molecule is COC(=O)NCCc1cc(-c2cccc(OC)c2)on1. The van der Waals surface area contributed by atoms with Crippen molar-refractivity contribution in [2.24, 2.45) is 0 Å². The van der Waals surface area contributed by atoms with Crippen molar-refractivity contribution in [2.75, 3.05) is 20.8 Å². The minimum Gasteiger partial charge on any atom is -0.497 e. The molecule has 1 N–H and O–H groups in total. The summed E-state index contributed by atoms with van der Waals surface area (Å²) in [6.45, 7) is 0.441. The highest BCUT2D eigenvalue weighted by Gasteiger charge is 2.08. The van der Waals surface area contributed by atoms with Gasteiger partial charge in [-0.05, 0) is 12.1 Å². The van der Waals surface area contributed by atoms with Crippen molar-refractivity contribution in [3.63, 3.8) is 0 Å². The van der Waals surface area contributed by atoms with E-state index < -0.39 is 6.09 Å². The van der Waals surface area contributed by atoms with Gasteiger partial charge in [-0.3, -0.25) is 0 Å². The van der Waals surface area contributed by atoms with Gasteiger partial charge < -0.3 is 19.3 Å². The molecule has 6 heteroatoms. The maximum atomic E-state index is 10.9. The van der Waals surface area contributed by atoms with Crippen LogP contribution in [0.3, 0.4) is 0 Å². The van der Waals surface area contributed by atoms with Gasteiger partial charge in [-0.15, -0.1) is 0 Å². The van der Waals surface area contributed by atoms with Crippen LogP contribution in [0, 0.1) is 0 Å². The molecule has 0 aliphatic rings. The van der Waals surface area contributed by atoms with Crippen LogP contribution in [0.5, 0.6) is 5.75 Å². The molecule has 0 atom stereocenters. The molecular weight excluding hydrogens is 260 g/mol. The molecule has 1 amide bonds. The molecule has 20 heavy (non-hydrogen) atoms. The van der Waals surface area contributed by atoms with Crippen molar-refractivity contribution < 1.29 is 18.8 Å². The molecule has 0 bridgehead atoms. The van der Waals surface area contributed by atoms with Crippen molar-refractivity contribution >= 4 is 6.09 Å². The molecule has 0 unspecified atom stereocenters. The third-order valence-corrected chi connectivity index (χ3v) is 2.75. The number of carbonyl (C=O) groups excluding carboxylic acids is 1. The second-order valence-corrected chi connectivity index (χ2v) is 4.08. The second-order valence-electron chi connectivity index (χ2n) is 4.08. The molecule has 0 fully saturated rings. The molecule has 0 aliphatic heterocycles. The Kier molecular flexibility index (Phi) is 4.60. The molecule has 0 saturated heterocycles. The first kappa shape index (κ1) is 13.9. The lowest BCUT2D eigenvalue weighted by atomic mass is 10.1. The van der Waals surface area contributed by atoms with Gasteiger partial charge in [0.05, 0.1) is 19.9 Å². The van der Waals surface area contributed by atoms with E-state index in [-0.39, 0.29) is 0 Å². The van der Waals surface area contributed by atoms with Gasteiger partial charge in [0.15, 0.2) is 5.76 Å². The zero-order valence-corrected chi connectivity index (χ0v) is 11.4. The maximum absolute atomic E-state index is 10.9. The Balaban J connectivity index is 1.99. The van der Waals surface area contributed by atoms with E-state index >= 15 is 0 Å². The molecule has 1 heterocycles.